The Morgan fingerprint density at radius 2 is 1.11 bits per heavy atom. The minimum absolute atomic E-state index is 0.979. The van der Waals surface area contributed by atoms with Crippen molar-refractivity contribution in [2.24, 2.45) is 0 Å². The van der Waals surface area contributed by atoms with Crippen molar-refractivity contribution >= 4 is 75.1 Å². The quantitative estimate of drug-likeness (QED) is 0.237. The predicted octanol–water partition coefficient (Wildman–Crippen LogP) is 9.08. The smallest absolute Gasteiger partial charge is 0.145 e. The van der Waals surface area contributed by atoms with Crippen LogP contribution in [-0.4, -0.2) is 14.1 Å². The Bertz CT molecular complexity index is 2290. The van der Waals surface area contributed by atoms with Crippen LogP contribution in [0.15, 0.2) is 115 Å². The summed E-state index contributed by atoms with van der Waals surface area (Å²) in [6, 6.07) is 39.3. The number of nitrogens with zero attached hydrogens (tertiary/aromatic N) is 3. The molecule has 4 heterocycles. The molecule has 0 atom stereocenters. The van der Waals surface area contributed by atoms with Crippen LogP contribution >= 0.6 is 11.3 Å². The number of pyridine rings is 1. The number of aromatic nitrogens is 3. The highest BCUT2D eigenvalue weighted by molar-refractivity contribution is 7.24. The molecule has 9 aromatic rings. The van der Waals surface area contributed by atoms with Crippen LogP contribution < -0.4 is 0 Å². The molecule has 0 aliphatic carbocycles. The van der Waals surface area contributed by atoms with Crippen molar-refractivity contribution in [3.8, 4) is 11.5 Å². The van der Waals surface area contributed by atoms with Gasteiger partial charge in [0.25, 0.3) is 0 Å². The maximum Gasteiger partial charge on any atom is 0.145 e. The van der Waals surface area contributed by atoms with E-state index in [9.17, 15) is 0 Å². The summed E-state index contributed by atoms with van der Waals surface area (Å²) in [6.45, 7) is 0. The Balaban J connectivity index is 1.57. The Morgan fingerprint density at radius 3 is 1.86 bits per heavy atom. The molecule has 0 N–H and O–H groups in total. The Hall–Kier alpha value is -4.67. The average molecular weight is 490 g/mol. The molecule has 0 aliphatic heterocycles. The van der Waals surface area contributed by atoms with E-state index in [2.05, 4.69) is 118 Å². The number of fused-ring (bicyclic) bond motifs is 1. The van der Waals surface area contributed by atoms with Crippen molar-refractivity contribution in [3.63, 3.8) is 0 Å². The summed E-state index contributed by atoms with van der Waals surface area (Å²) in [5.41, 5.74) is 6.07. The number of hydrogen-bond donors (Lipinski definition) is 0. The molecule has 0 saturated carbocycles. The maximum absolute atomic E-state index is 4.94. The fourth-order valence-electron chi connectivity index (χ4n) is 6.29. The number of para-hydroxylation sites is 1. The highest BCUT2D eigenvalue weighted by Crippen LogP contribution is 2.47. The molecule has 37 heavy (non-hydrogen) atoms. The average Bonchev–Trinajstić information content (AvgIpc) is 3.41. The van der Waals surface area contributed by atoms with Crippen LogP contribution in [0.3, 0.4) is 0 Å². The Labute approximate surface area is 215 Å². The van der Waals surface area contributed by atoms with Gasteiger partial charge in [0, 0.05) is 48.2 Å². The fourth-order valence-corrected chi connectivity index (χ4v) is 7.43. The van der Waals surface area contributed by atoms with Gasteiger partial charge in [-0.15, -0.1) is 11.3 Å². The van der Waals surface area contributed by atoms with Gasteiger partial charge in [0.05, 0.1) is 22.1 Å². The zero-order chi connectivity index (χ0) is 24.1. The SMILES string of the molecule is c1ccc(-n2c3cccc4sc5cccc6c5c5c(c43)c2ccc5n6-c2nccc3ccccc23)cc1. The molecule has 0 amide bonds. The van der Waals surface area contributed by atoms with Gasteiger partial charge in [0.1, 0.15) is 5.82 Å². The number of hydrogen-bond acceptors (Lipinski definition) is 2. The van der Waals surface area contributed by atoms with Gasteiger partial charge >= 0.3 is 0 Å². The second-order valence-corrected chi connectivity index (χ2v) is 10.7. The van der Waals surface area contributed by atoms with Crippen LogP contribution in [0.5, 0.6) is 0 Å². The molecule has 0 bridgehead atoms. The van der Waals surface area contributed by atoms with Crippen molar-refractivity contribution in [1.82, 2.24) is 14.1 Å². The standard InChI is InChI=1S/C33H19N3S/c1-2-9-21(10-3-1)35-23-12-6-14-27-29(23)31-25(35)16-17-26-32(31)30-24(13-7-15-28(30)37-27)36(26)33-22-11-5-4-8-20(22)18-19-34-33/h1-19H. The lowest BCUT2D eigenvalue weighted by molar-refractivity contribution is 1.10. The number of rotatable bonds is 2. The van der Waals surface area contributed by atoms with E-state index in [0.717, 1.165) is 11.2 Å². The van der Waals surface area contributed by atoms with Crippen LogP contribution in [0.4, 0.5) is 0 Å². The predicted molar refractivity (Wildman–Crippen MR) is 157 cm³/mol. The molecule has 0 aliphatic rings. The topological polar surface area (TPSA) is 22.8 Å². The van der Waals surface area contributed by atoms with Crippen molar-refractivity contribution < 1.29 is 0 Å². The second kappa shape index (κ2) is 6.96. The van der Waals surface area contributed by atoms with Crippen molar-refractivity contribution in [3.05, 3.63) is 115 Å². The first-order chi connectivity index (χ1) is 18.4. The van der Waals surface area contributed by atoms with Gasteiger partial charge in [-0.05, 0) is 60.0 Å². The lowest BCUT2D eigenvalue weighted by Gasteiger charge is -2.10. The second-order valence-electron chi connectivity index (χ2n) is 9.62. The highest BCUT2D eigenvalue weighted by Gasteiger charge is 2.24. The summed E-state index contributed by atoms with van der Waals surface area (Å²) in [5.74, 6) is 0.979. The van der Waals surface area contributed by atoms with Gasteiger partial charge in [0.15, 0.2) is 0 Å². The highest BCUT2D eigenvalue weighted by atomic mass is 32.1. The first kappa shape index (κ1) is 19.5. The molecule has 4 heteroatoms. The van der Waals surface area contributed by atoms with Gasteiger partial charge in [-0.3, -0.25) is 4.57 Å². The van der Waals surface area contributed by atoms with E-state index in [1.807, 2.05) is 17.5 Å². The lowest BCUT2D eigenvalue weighted by atomic mass is 10.1. The van der Waals surface area contributed by atoms with Crippen LogP contribution in [0, 0.1) is 0 Å². The van der Waals surface area contributed by atoms with E-state index in [-0.39, 0.29) is 0 Å². The zero-order valence-corrected chi connectivity index (χ0v) is 20.5. The maximum atomic E-state index is 4.94. The zero-order valence-electron chi connectivity index (χ0n) is 19.7. The molecule has 0 saturated heterocycles. The molecule has 3 nitrogen and oxygen atoms in total. The summed E-state index contributed by atoms with van der Waals surface area (Å²) in [5, 5.41) is 7.64. The van der Waals surface area contributed by atoms with Crippen LogP contribution in [0.1, 0.15) is 0 Å². The first-order valence-electron chi connectivity index (χ1n) is 12.5. The molecule has 0 unspecified atom stereocenters. The Morgan fingerprint density at radius 1 is 0.486 bits per heavy atom. The summed E-state index contributed by atoms with van der Waals surface area (Å²) in [6.07, 6.45) is 1.93. The lowest BCUT2D eigenvalue weighted by Crippen LogP contribution is -1.98. The molecule has 4 aromatic heterocycles. The molecule has 172 valence electrons. The van der Waals surface area contributed by atoms with E-state index in [0.29, 0.717) is 0 Å². The van der Waals surface area contributed by atoms with E-state index in [1.54, 1.807) is 0 Å². The van der Waals surface area contributed by atoms with Gasteiger partial charge in [-0.2, -0.15) is 0 Å². The van der Waals surface area contributed by atoms with E-state index < -0.39 is 0 Å². The van der Waals surface area contributed by atoms with E-state index in [4.69, 9.17) is 4.98 Å². The minimum Gasteiger partial charge on any atom is -0.309 e. The molecular weight excluding hydrogens is 470 g/mol. The Kier molecular flexibility index (Phi) is 3.67. The third kappa shape index (κ3) is 2.43. The molecule has 5 aromatic carbocycles. The van der Waals surface area contributed by atoms with E-state index in [1.165, 1.54) is 64.1 Å². The molecule has 0 spiro atoms. The largest absolute Gasteiger partial charge is 0.309 e. The summed E-state index contributed by atoms with van der Waals surface area (Å²) in [7, 11) is 0. The number of benzene rings is 5. The third-order valence-corrected chi connectivity index (χ3v) is 8.85. The van der Waals surface area contributed by atoms with Crippen molar-refractivity contribution in [2.75, 3.05) is 0 Å². The first-order valence-corrected chi connectivity index (χ1v) is 13.3. The van der Waals surface area contributed by atoms with Gasteiger partial charge in [-0.25, -0.2) is 4.98 Å². The van der Waals surface area contributed by atoms with Crippen LogP contribution in [0.25, 0.3) is 75.3 Å². The van der Waals surface area contributed by atoms with Crippen LogP contribution in [0.2, 0.25) is 0 Å². The van der Waals surface area contributed by atoms with Crippen LogP contribution in [-0.2, 0) is 0 Å². The molecular formula is C33H19N3S. The van der Waals surface area contributed by atoms with Crippen molar-refractivity contribution in [1.29, 1.82) is 0 Å². The summed E-state index contributed by atoms with van der Waals surface area (Å²) >= 11 is 1.88. The van der Waals surface area contributed by atoms with Gasteiger partial charge < -0.3 is 4.57 Å². The molecule has 0 fully saturated rings. The van der Waals surface area contributed by atoms with Gasteiger partial charge in [-0.1, -0.05) is 54.6 Å². The van der Waals surface area contributed by atoms with E-state index >= 15 is 0 Å². The molecule has 0 radical (unpaired) electrons. The summed E-state index contributed by atoms with van der Waals surface area (Å²) < 4.78 is 7.39. The monoisotopic (exact) mass is 489 g/mol. The normalized spacial score (nSPS) is 12.3. The van der Waals surface area contributed by atoms with Gasteiger partial charge in [0.2, 0.25) is 0 Å². The third-order valence-electron chi connectivity index (χ3n) is 7.73. The van der Waals surface area contributed by atoms with Crippen molar-refractivity contribution in [2.45, 2.75) is 0 Å². The molecule has 9 rings (SSSR count). The fraction of sp³-hybridized carbons (Fsp3) is 0. The summed E-state index contributed by atoms with van der Waals surface area (Å²) in [4.78, 5) is 4.94. The minimum atomic E-state index is 0.979.